The predicted molar refractivity (Wildman–Crippen MR) is 108 cm³/mol. The summed E-state index contributed by atoms with van der Waals surface area (Å²) < 4.78 is 53.1. The highest BCUT2D eigenvalue weighted by atomic mass is 79.9. The maximum absolute atomic E-state index is 13.7. The molecule has 0 radical (unpaired) electrons. The first-order valence-corrected chi connectivity index (χ1v) is 10.2. The number of halogens is 5. The van der Waals surface area contributed by atoms with Crippen LogP contribution in [0.15, 0.2) is 40.9 Å². The number of likely N-dealkylation sites (tertiary alicyclic amines) is 1. The van der Waals surface area contributed by atoms with Crippen molar-refractivity contribution in [3.05, 3.63) is 68.9 Å². The smallest absolute Gasteiger partial charge is 0.416 e. The maximum atomic E-state index is 13.7. The van der Waals surface area contributed by atoms with Crippen LogP contribution in [0.25, 0.3) is 0 Å². The number of hydrogen-bond acceptors (Lipinski definition) is 2. The van der Waals surface area contributed by atoms with Gasteiger partial charge in [0.15, 0.2) is 0 Å². The van der Waals surface area contributed by atoms with Crippen LogP contribution >= 0.6 is 15.9 Å². The average molecular weight is 503 g/mol. The molecule has 0 spiro atoms. The van der Waals surface area contributed by atoms with Gasteiger partial charge in [-0.15, -0.1) is 0 Å². The molecule has 0 aliphatic carbocycles. The molecule has 2 atom stereocenters. The van der Waals surface area contributed by atoms with Crippen molar-refractivity contribution in [1.29, 1.82) is 0 Å². The Balaban J connectivity index is 1.89. The third-order valence-corrected chi connectivity index (χ3v) is 5.76. The summed E-state index contributed by atoms with van der Waals surface area (Å²) in [6, 6.07) is 6.78. The van der Waals surface area contributed by atoms with Gasteiger partial charge in [-0.05, 0) is 48.7 Å². The lowest BCUT2D eigenvalue weighted by Gasteiger charge is -2.38. The first kappa shape index (κ1) is 23.1. The molecular weight excluding hydrogens is 484 g/mol. The highest BCUT2D eigenvalue weighted by molar-refractivity contribution is 9.10. The van der Waals surface area contributed by atoms with Crippen LogP contribution in [-0.4, -0.2) is 41.1 Å². The Morgan fingerprint density at radius 2 is 1.90 bits per heavy atom. The number of rotatable bonds is 3. The zero-order valence-electron chi connectivity index (χ0n) is 16.3. The van der Waals surface area contributed by atoms with Gasteiger partial charge in [-0.1, -0.05) is 28.1 Å². The van der Waals surface area contributed by atoms with E-state index in [1.165, 1.54) is 23.1 Å². The number of amides is 2. The van der Waals surface area contributed by atoms with E-state index in [1.807, 2.05) is 0 Å². The molecule has 1 aliphatic heterocycles. The number of carbonyl (C=O) groups is 2. The topological polar surface area (TPSA) is 69.6 Å². The minimum atomic E-state index is -4.61. The van der Waals surface area contributed by atoms with E-state index >= 15 is 0 Å². The highest BCUT2D eigenvalue weighted by Crippen LogP contribution is 2.33. The molecule has 10 heteroatoms. The summed E-state index contributed by atoms with van der Waals surface area (Å²) in [6.07, 6.45) is -5.46. The van der Waals surface area contributed by atoms with Gasteiger partial charge in [0.05, 0.1) is 5.56 Å². The highest BCUT2D eigenvalue weighted by Gasteiger charge is 2.35. The third kappa shape index (κ3) is 5.36. The number of carboxylic acid groups (broad SMARTS) is 1. The van der Waals surface area contributed by atoms with Crippen molar-refractivity contribution in [2.75, 3.05) is 13.1 Å². The van der Waals surface area contributed by atoms with Crippen molar-refractivity contribution in [2.24, 2.45) is 0 Å². The number of carbonyl (C=O) groups excluding carboxylic acids is 1. The van der Waals surface area contributed by atoms with E-state index in [9.17, 15) is 32.3 Å². The van der Waals surface area contributed by atoms with Crippen molar-refractivity contribution in [3.63, 3.8) is 0 Å². The van der Waals surface area contributed by atoms with Crippen molar-refractivity contribution in [3.8, 4) is 0 Å². The number of aryl methyl sites for hydroxylation is 1. The van der Waals surface area contributed by atoms with Gasteiger partial charge in [-0.3, -0.25) is 4.79 Å². The zero-order valence-corrected chi connectivity index (χ0v) is 17.9. The molecule has 0 saturated carbocycles. The van der Waals surface area contributed by atoms with Gasteiger partial charge in [0, 0.05) is 35.1 Å². The second kappa shape index (κ2) is 8.86. The van der Waals surface area contributed by atoms with Crippen LogP contribution in [0.5, 0.6) is 0 Å². The van der Waals surface area contributed by atoms with Crippen molar-refractivity contribution >= 4 is 27.9 Å². The molecule has 1 fully saturated rings. The lowest BCUT2D eigenvalue weighted by molar-refractivity contribution is -0.137. The Morgan fingerprint density at radius 3 is 2.52 bits per heavy atom. The van der Waals surface area contributed by atoms with E-state index in [0.717, 1.165) is 12.1 Å². The van der Waals surface area contributed by atoms with Crippen molar-refractivity contribution in [1.82, 2.24) is 10.2 Å². The van der Waals surface area contributed by atoms with Crippen LogP contribution in [0.3, 0.4) is 0 Å². The van der Waals surface area contributed by atoms with Crippen LogP contribution in [0.4, 0.5) is 22.4 Å². The van der Waals surface area contributed by atoms with Crippen LogP contribution in [-0.2, 0) is 6.18 Å². The van der Waals surface area contributed by atoms with Gasteiger partial charge in [-0.25, -0.2) is 9.18 Å². The minimum Gasteiger partial charge on any atom is -0.465 e. The molecule has 1 aliphatic rings. The van der Waals surface area contributed by atoms with Crippen LogP contribution in [0.1, 0.15) is 39.4 Å². The van der Waals surface area contributed by atoms with Gasteiger partial charge >= 0.3 is 12.3 Å². The van der Waals surface area contributed by atoms with E-state index < -0.39 is 41.5 Å². The van der Waals surface area contributed by atoms with Gasteiger partial charge < -0.3 is 15.3 Å². The number of alkyl halides is 3. The number of piperidine rings is 1. The zero-order chi connectivity index (χ0) is 22.9. The van der Waals surface area contributed by atoms with E-state index in [0.29, 0.717) is 11.1 Å². The monoisotopic (exact) mass is 502 g/mol. The lowest BCUT2D eigenvalue weighted by Crippen LogP contribution is -2.51. The molecule has 2 unspecified atom stereocenters. The molecule has 31 heavy (non-hydrogen) atoms. The quantitative estimate of drug-likeness (QED) is 0.568. The molecule has 2 N–H and O–H groups in total. The summed E-state index contributed by atoms with van der Waals surface area (Å²) in [6.45, 7) is 1.80. The van der Waals surface area contributed by atoms with Crippen molar-refractivity contribution < 1.29 is 32.3 Å². The van der Waals surface area contributed by atoms with Crippen molar-refractivity contribution in [2.45, 2.75) is 31.5 Å². The molecule has 2 aromatic rings. The van der Waals surface area contributed by atoms with E-state index in [4.69, 9.17) is 0 Å². The predicted octanol–water partition coefficient (Wildman–Crippen LogP) is 5.18. The average Bonchev–Trinajstić information content (AvgIpc) is 2.69. The fourth-order valence-electron chi connectivity index (χ4n) is 3.67. The molecule has 2 amide bonds. The molecule has 1 heterocycles. The van der Waals surface area contributed by atoms with Gasteiger partial charge in [-0.2, -0.15) is 13.2 Å². The number of benzene rings is 2. The van der Waals surface area contributed by atoms with E-state index in [2.05, 4.69) is 21.2 Å². The molecule has 2 aromatic carbocycles. The molecule has 5 nitrogen and oxygen atoms in total. The summed E-state index contributed by atoms with van der Waals surface area (Å²) >= 11 is 3.00. The van der Waals surface area contributed by atoms with Crippen LogP contribution < -0.4 is 5.32 Å². The molecule has 3 rings (SSSR count). The first-order chi connectivity index (χ1) is 14.5. The maximum Gasteiger partial charge on any atom is 0.416 e. The number of hydrogen-bond donors (Lipinski definition) is 2. The second-order valence-electron chi connectivity index (χ2n) is 7.44. The summed E-state index contributed by atoms with van der Waals surface area (Å²) in [7, 11) is 0. The summed E-state index contributed by atoms with van der Waals surface area (Å²) in [5.74, 6) is -1.60. The standard InChI is InChI=1S/C21H19BrF4N2O3/c1-11-6-12(2-3-17(11)23)16-10-28(20(30)31)5-4-18(16)27-19(29)13-7-14(21(24,25)26)9-15(22)8-13/h2-3,6-9,16,18H,4-5,10H2,1H3,(H,27,29)(H,30,31). The van der Waals surface area contributed by atoms with E-state index in [1.54, 1.807) is 13.0 Å². The molecule has 0 bridgehead atoms. The Kier molecular flexibility index (Phi) is 6.59. The fourth-order valence-corrected chi connectivity index (χ4v) is 4.16. The van der Waals surface area contributed by atoms with Gasteiger partial charge in [0.2, 0.25) is 0 Å². The number of nitrogens with one attached hydrogen (secondary N) is 1. The molecule has 1 saturated heterocycles. The normalized spacial score (nSPS) is 19.2. The largest absolute Gasteiger partial charge is 0.465 e. The lowest BCUT2D eigenvalue weighted by atomic mass is 9.85. The summed E-state index contributed by atoms with van der Waals surface area (Å²) in [5, 5.41) is 12.1. The van der Waals surface area contributed by atoms with Crippen LogP contribution in [0.2, 0.25) is 0 Å². The number of nitrogens with zero attached hydrogens (tertiary/aromatic N) is 1. The summed E-state index contributed by atoms with van der Waals surface area (Å²) in [5.41, 5.74) is -0.118. The van der Waals surface area contributed by atoms with Gasteiger partial charge in [0.1, 0.15) is 5.82 Å². The fraction of sp³-hybridized carbons (Fsp3) is 0.333. The Labute approximate surface area is 184 Å². The summed E-state index contributed by atoms with van der Waals surface area (Å²) in [4.78, 5) is 25.4. The van der Waals surface area contributed by atoms with Gasteiger partial charge in [0.25, 0.3) is 5.91 Å². The molecular formula is C21H19BrF4N2O3. The SMILES string of the molecule is Cc1cc(C2CN(C(=O)O)CCC2NC(=O)c2cc(Br)cc(C(F)(F)F)c2)ccc1F. The Hall–Kier alpha value is -2.62. The minimum absolute atomic E-state index is 0.0671. The third-order valence-electron chi connectivity index (χ3n) is 5.30. The molecule has 166 valence electrons. The van der Waals surface area contributed by atoms with Crippen LogP contribution in [0, 0.1) is 12.7 Å². The Bertz CT molecular complexity index is 1010. The molecule has 0 aromatic heterocycles. The second-order valence-corrected chi connectivity index (χ2v) is 8.35. The first-order valence-electron chi connectivity index (χ1n) is 9.38. The van der Waals surface area contributed by atoms with E-state index in [-0.39, 0.29) is 29.5 Å². The Morgan fingerprint density at radius 1 is 1.19 bits per heavy atom.